The second-order valence-corrected chi connectivity index (χ2v) is 10.8. The van der Waals surface area contributed by atoms with Gasteiger partial charge in [-0.15, -0.1) is 22.9 Å². The minimum absolute atomic E-state index is 0.0373. The number of nitrogens with zero attached hydrogens (tertiary/aromatic N) is 5. The van der Waals surface area contributed by atoms with Crippen molar-refractivity contribution < 1.29 is 23.0 Å². The molecule has 0 bridgehead atoms. The van der Waals surface area contributed by atoms with E-state index in [0.29, 0.717) is 10.7 Å². The average molecular weight is 622 g/mol. The van der Waals surface area contributed by atoms with Crippen LogP contribution in [0.1, 0.15) is 39.3 Å². The highest BCUT2D eigenvalue weighted by Crippen LogP contribution is 2.44. The van der Waals surface area contributed by atoms with E-state index < -0.39 is 35.9 Å². The van der Waals surface area contributed by atoms with E-state index in [9.17, 15) is 9.18 Å². The molecule has 0 radical (unpaired) electrons. The third-order valence-corrected chi connectivity index (χ3v) is 8.35. The fourth-order valence-corrected chi connectivity index (χ4v) is 5.83. The number of alkyl halides is 1. The molecule has 12 heteroatoms. The molecule has 0 aliphatic carbocycles. The zero-order valence-corrected chi connectivity index (χ0v) is 24.6. The molecule has 3 aromatic carbocycles. The summed E-state index contributed by atoms with van der Waals surface area (Å²) in [5.74, 6) is -2.64. The van der Waals surface area contributed by atoms with Crippen molar-refractivity contribution in [1.29, 1.82) is 0 Å². The number of esters is 1. The van der Waals surface area contributed by atoms with Crippen molar-refractivity contribution in [3.8, 4) is 11.3 Å². The first kappa shape index (κ1) is 30.1. The van der Waals surface area contributed by atoms with Gasteiger partial charge in [-0.2, -0.15) is 5.10 Å². The molecule has 220 valence electrons. The van der Waals surface area contributed by atoms with Crippen LogP contribution in [0.15, 0.2) is 89.8 Å². The summed E-state index contributed by atoms with van der Waals surface area (Å²) in [6, 6.07) is 17.4. The Kier molecular flexibility index (Phi) is 9.34. The van der Waals surface area contributed by atoms with Crippen molar-refractivity contribution in [2.45, 2.75) is 30.9 Å². The summed E-state index contributed by atoms with van der Waals surface area (Å²) in [7, 11) is 0. The first-order valence-corrected chi connectivity index (χ1v) is 14.5. The van der Waals surface area contributed by atoms with E-state index in [0.717, 1.165) is 28.9 Å². The fraction of sp³-hybridized carbons (Fsp3) is 0.194. The summed E-state index contributed by atoms with van der Waals surface area (Å²) in [6.07, 6.45) is 2.79. The first-order chi connectivity index (χ1) is 20.8. The largest absolute Gasteiger partial charge is 0.435 e. The Morgan fingerprint density at radius 1 is 1.16 bits per heavy atom. The molecule has 0 amide bonds. The van der Waals surface area contributed by atoms with Crippen molar-refractivity contribution in [2.75, 3.05) is 6.79 Å². The van der Waals surface area contributed by atoms with Gasteiger partial charge in [-0.05, 0) is 42.6 Å². The molecule has 2 unspecified atom stereocenters. The van der Waals surface area contributed by atoms with Crippen LogP contribution >= 0.6 is 22.9 Å². The predicted octanol–water partition coefficient (Wildman–Crippen LogP) is 7.28. The SMILES string of the molecule is C=Nc1ccc(-c2csc(C(C)C(Cn3cncn3)(OCOC(=O)c3cccc(CCl)c3)c3ccc(F)cc3F)n2)cc1. The normalized spacial score (nSPS) is 13.3. The number of hydrogen-bond acceptors (Lipinski definition) is 8. The highest BCUT2D eigenvalue weighted by atomic mass is 35.5. The van der Waals surface area contributed by atoms with Crippen LogP contribution in [0.25, 0.3) is 11.3 Å². The van der Waals surface area contributed by atoms with Gasteiger partial charge in [-0.1, -0.05) is 37.3 Å². The lowest BCUT2D eigenvalue weighted by atomic mass is 9.81. The minimum Gasteiger partial charge on any atom is -0.435 e. The van der Waals surface area contributed by atoms with Gasteiger partial charge in [0.2, 0.25) is 0 Å². The van der Waals surface area contributed by atoms with Crippen molar-refractivity contribution in [2.24, 2.45) is 4.99 Å². The van der Waals surface area contributed by atoms with Crippen molar-refractivity contribution in [3.63, 3.8) is 0 Å². The Bertz CT molecular complexity index is 1710. The molecule has 2 heterocycles. The van der Waals surface area contributed by atoms with Crippen LogP contribution in [0.3, 0.4) is 0 Å². The predicted molar refractivity (Wildman–Crippen MR) is 161 cm³/mol. The van der Waals surface area contributed by atoms with Gasteiger partial charge in [0.05, 0.1) is 28.5 Å². The maximum absolute atomic E-state index is 15.6. The van der Waals surface area contributed by atoms with Crippen LogP contribution in [0.5, 0.6) is 0 Å². The van der Waals surface area contributed by atoms with E-state index in [1.54, 1.807) is 24.3 Å². The van der Waals surface area contributed by atoms with Crippen LogP contribution in [0.2, 0.25) is 0 Å². The summed E-state index contributed by atoms with van der Waals surface area (Å²) >= 11 is 7.27. The first-order valence-electron chi connectivity index (χ1n) is 13.1. The number of aliphatic imine (C=N–C) groups is 1. The Hall–Kier alpha value is -4.32. The molecule has 0 fully saturated rings. The number of carbonyl (C=O) groups excluding carboxylic acids is 1. The van der Waals surface area contributed by atoms with Gasteiger partial charge in [-0.25, -0.2) is 28.2 Å². The molecule has 0 saturated heterocycles. The van der Waals surface area contributed by atoms with Crippen molar-refractivity contribution in [3.05, 3.63) is 118 Å². The van der Waals surface area contributed by atoms with Crippen molar-refractivity contribution in [1.82, 2.24) is 19.7 Å². The summed E-state index contributed by atoms with van der Waals surface area (Å²) in [5, 5.41) is 6.69. The van der Waals surface area contributed by atoms with Gasteiger partial charge in [0.25, 0.3) is 0 Å². The van der Waals surface area contributed by atoms with Crippen LogP contribution in [0.4, 0.5) is 14.5 Å². The summed E-state index contributed by atoms with van der Waals surface area (Å²) in [4.78, 5) is 25.7. The Morgan fingerprint density at radius 3 is 2.67 bits per heavy atom. The summed E-state index contributed by atoms with van der Waals surface area (Å²) in [5.41, 5.74) is 1.78. The molecule has 2 atom stereocenters. The number of rotatable bonds is 12. The number of ether oxygens (including phenoxy) is 2. The molecule has 2 aromatic heterocycles. The molecule has 0 aliphatic heterocycles. The summed E-state index contributed by atoms with van der Waals surface area (Å²) in [6.45, 7) is 4.76. The Labute approximate surface area is 255 Å². The number of thiazole rings is 1. The quantitative estimate of drug-likeness (QED) is 0.0629. The van der Waals surface area contributed by atoms with E-state index in [-0.39, 0.29) is 23.6 Å². The Balaban J connectivity index is 1.52. The van der Waals surface area contributed by atoms with Gasteiger partial charge >= 0.3 is 5.97 Å². The molecule has 0 spiro atoms. The van der Waals surface area contributed by atoms with E-state index in [4.69, 9.17) is 26.1 Å². The number of benzene rings is 3. The zero-order valence-electron chi connectivity index (χ0n) is 23.0. The second-order valence-electron chi connectivity index (χ2n) is 9.63. The third-order valence-electron chi connectivity index (χ3n) is 7.01. The average Bonchev–Trinajstić information content (AvgIpc) is 3.73. The molecule has 5 aromatic rings. The minimum atomic E-state index is -1.56. The molecule has 0 aliphatic rings. The number of aromatic nitrogens is 4. The smallest absolute Gasteiger partial charge is 0.340 e. The lowest BCUT2D eigenvalue weighted by Crippen LogP contribution is -2.42. The van der Waals surface area contributed by atoms with Crippen LogP contribution in [-0.4, -0.2) is 39.2 Å². The number of carbonyl (C=O) groups is 1. The lowest BCUT2D eigenvalue weighted by molar-refractivity contribution is -0.148. The molecule has 5 rings (SSSR count). The van der Waals surface area contributed by atoms with Crippen LogP contribution in [0, 0.1) is 11.6 Å². The molecule has 0 saturated carbocycles. The van der Waals surface area contributed by atoms with Gasteiger partial charge in [-0.3, -0.25) is 4.99 Å². The number of hydrogen-bond donors (Lipinski definition) is 0. The molecular weight excluding hydrogens is 596 g/mol. The molecule has 43 heavy (non-hydrogen) atoms. The van der Waals surface area contributed by atoms with E-state index in [1.807, 2.05) is 36.6 Å². The maximum atomic E-state index is 15.6. The highest BCUT2D eigenvalue weighted by molar-refractivity contribution is 7.10. The third kappa shape index (κ3) is 6.69. The molecular formula is C31H26ClF2N5O3S. The van der Waals surface area contributed by atoms with E-state index in [1.165, 1.54) is 34.7 Å². The van der Waals surface area contributed by atoms with Crippen LogP contribution in [-0.2, 0) is 27.5 Å². The van der Waals surface area contributed by atoms with Gasteiger partial charge in [0, 0.05) is 34.4 Å². The maximum Gasteiger partial charge on any atom is 0.340 e. The van der Waals surface area contributed by atoms with Crippen molar-refractivity contribution >= 4 is 41.3 Å². The zero-order chi connectivity index (χ0) is 30.4. The molecule has 8 nitrogen and oxygen atoms in total. The summed E-state index contributed by atoms with van der Waals surface area (Å²) < 4.78 is 43.0. The standard InChI is InChI=1S/C31H26ClF2N5O3S/c1-20(29-38-28(15-43-29)22-6-9-25(35-2)10-7-22)31(16-39-18-36-17-37-39,26-11-8-24(33)13-27(26)34)42-19-41-30(40)23-5-3-4-21(12-23)14-32/h3-13,15,17-18,20H,2,14,16,19H2,1H3. The fourth-order valence-electron chi connectivity index (χ4n) is 4.70. The second kappa shape index (κ2) is 13.3. The highest BCUT2D eigenvalue weighted by Gasteiger charge is 2.45. The van der Waals surface area contributed by atoms with Gasteiger partial charge < -0.3 is 9.47 Å². The van der Waals surface area contributed by atoms with E-state index >= 15 is 4.39 Å². The number of halogens is 3. The van der Waals surface area contributed by atoms with Crippen LogP contribution < -0.4 is 0 Å². The molecule has 0 N–H and O–H groups in total. The lowest BCUT2D eigenvalue weighted by Gasteiger charge is -2.38. The topological polar surface area (TPSA) is 91.5 Å². The van der Waals surface area contributed by atoms with Gasteiger partial charge in [0.1, 0.15) is 29.9 Å². The van der Waals surface area contributed by atoms with Gasteiger partial charge in [0.15, 0.2) is 6.79 Å². The monoisotopic (exact) mass is 621 g/mol. The van der Waals surface area contributed by atoms with E-state index in [2.05, 4.69) is 21.8 Å². The Morgan fingerprint density at radius 2 is 1.98 bits per heavy atom.